The summed E-state index contributed by atoms with van der Waals surface area (Å²) in [5, 5.41) is -0.0919. The molecule has 0 aliphatic carbocycles. The van der Waals surface area contributed by atoms with E-state index in [0.717, 1.165) is 0 Å². The van der Waals surface area contributed by atoms with E-state index in [1.54, 1.807) is 0 Å². The molecule has 1 aromatic heterocycles. The molecule has 1 saturated heterocycles. The van der Waals surface area contributed by atoms with Gasteiger partial charge in [0.15, 0.2) is 0 Å². The van der Waals surface area contributed by atoms with Gasteiger partial charge in [-0.3, -0.25) is 4.79 Å². The number of aromatic nitrogens is 1. The highest BCUT2D eigenvalue weighted by molar-refractivity contribution is 9.10. The minimum absolute atomic E-state index is 0.0753. The lowest BCUT2D eigenvalue weighted by molar-refractivity contribution is -0.121. The first-order valence-corrected chi connectivity index (χ1v) is 8.04. The first-order chi connectivity index (χ1) is 8.82. The zero-order chi connectivity index (χ0) is 14.2. The van der Waals surface area contributed by atoms with Gasteiger partial charge in [0.05, 0.1) is 5.92 Å². The van der Waals surface area contributed by atoms with Gasteiger partial charge in [0.25, 0.3) is 0 Å². The molecule has 1 fully saturated rings. The van der Waals surface area contributed by atoms with E-state index >= 15 is 0 Å². The molecule has 2 heterocycles. The molecule has 0 bridgehead atoms. The molecule has 0 radical (unpaired) electrons. The average Bonchev–Trinajstić information content (AvgIpc) is 2.82. The first kappa shape index (κ1) is 14.7. The Hall–Kier alpha value is -0.700. The Bertz CT molecular complexity index is 622. The van der Waals surface area contributed by atoms with Crippen molar-refractivity contribution in [3.8, 4) is 0 Å². The molecule has 0 aromatic carbocycles. The van der Waals surface area contributed by atoms with E-state index in [1.165, 1.54) is 16.6 Å². The maximum atomic E-state index is 12.4. The van der Waals surface area contributed by atoms with Gasteiger partial charge in [-0.2, -0.15) is 4.31 Å². The number of primary amides is 1. The Labute approximate surface area is 124 Å². The number of rotatable bonds is 3. The minimum Gasteiger partial charge on any atom is -0.369 e. The summed E-state index contributed by atoms with van der Waals surface area (Å²) in [6, 6.07) is 1.39. The second kappa shape index (κ2) is 5.35. The number of hydrogen-bond donors (Lipinski definition) is 1. The largest absolute Gasteiger partial charge is 0.369 e. The molecule has 1 atom stereocenters. The number of halogens is 2. The third-order valence-corrected chi connectivity index (χ3v) is 5.67. The fourth-order valence-corrected chi connectivity index (χ4v) is 4.32. The monoisotopic (exact) mass is 367 g/mol. The van der Waals surface area contributed by atoms with Gasteiger partial charge in [-0.1, -0.05) is 11.6 Å². The Morgan fingerprint density at radius 2 is 2.26 bits per heavy atom. The highest BCUT2D eigenvalue weighted by Gasteiger charge is 2.36. The zero-order valence-corrected chi connectivity index (χ0v) is 12.9. The molecule has 0 spiro atoms. The van der Waals surface area contributed by atoms with Crippen LogP contribution in [0.2, 0.25) is 5.15 Å². The molecule has 104 valence electrons. The molecule has 1 aliphatic rings. The third-order valence-electron chi connectivity index (χ3n) is 2.94. The first-order valence-electron chi connectivity index (χ1n) is 5.43. The van der Waals surface area contributed by atoms with Gasteiger partial charge in [-0.05, 0) is 28.4 Å². The lowest BCUT2D eigenvalue weighted by atomic mass is 10.1. The van der Waals surface area contributed by atoms with Crippen LogP contribution >= 0.6 is 27.5 Å². The van der Waals surface area contributed by atoms with Gasteiger partial charge in [0.1, 0.15) is 10.0 Å². The van der Waals surface area contributed by atoms with Crippen molar-refractivity contribution < 1.29 is 13.2 Å². The van der Waals surface area contributed by atoms with Gasteiger partial charge in [0.2, 0.25) is 15.9 Å². The van der Waals surface area contributed by atoms with Crippen LogP contribution in [0.15, 0.2) is 21.6 Å². The Kier molecular flexibility index (Phi) is 4.14. The normalized spacial score (nSPS) is 20.6. The molecule has 1 amide bonds. The predicted octanol–water partition coefficient (Wildman–Crippen LogP) is 0.993. The molecular weight excluding hydrogens is 358 g/mol. The minimum atomic E-state index is -3.76. The van der Waals surface area contributed by atoms with Crippen LogP contribution < -0.4 is 5.73 Å². The third kappa shape index (κ3) is 2.91. The summed E-state index contributed by atoms with van der Waals surface area (Å²) in [6.07, 6.45) is 1.84. The van der Waals surface area contributed by atoms with Crippen molar-refractivity contribution in [3.05, 3.63) is 21.9 Å². The molecule has 1 aliphatic heterocycles. The van der Waals surface area contributed by atoms with Gasteiger partial charge < -0.3 is 5.73 Å². The highest BCUT2D eigenvalue weighted by Crippen LogP contribution is 2.29. The SMILES string of the molecule is NC(=O)C1CCN(S(=O)(=O)c2cc(Br)cnc2Cl)C1. The van der Waals surface area contributed by atoms with E-state index in [4.69, 9.17) is 17.3 Å². The molecule has 0 saturated carbocycles. The summed E-state index contributed by atoms with van der Waals surface area (Å²) in [5.74, 6) is -0.940. The summed E-state index contributed by atoms with van der Waals surface area (Å²) >= 11 is 8.98. The predicted molar refractivity (Wildman–Crippen MR) is 73.0 cm³/mol. The zero-order valence-electron chi connectivity index (χ0n) is 9.71. The van der Waals surface area contributed by atoms with Crippen molar-refractivity contribution in [3.63, 3.8) is 0 Å². The molecule has 2 rings (SSSR count). The fourth-order valence-electron chi connectivity index (χ4n) is 1.90. The van der Waals surface area contributed by atoms with E-state index in [9.17, 15) is 13.2 Å². The molecule has 6 nitrogen and oxygen atoms in total. The van der Waals surface area contributed by atoms with Crippen LogP contribution in [0.1, 0.15) is 6.42 Å². The number of nitrogens with two attached hydrogens (primary N) is 1. The van der Waals surface area contributed by atoms with Crippen LogP contribution in [-0.4, -0.2) is 36.7 Å². The lowest BCUT2D eigenvalue weighted by Crippen LogP contribution is -2.32. The summed E-state index contributed by atoms with van der Waals surface area (Å²) in [6.45, 7) is 0.333. The quantitative estimate of drug-likeness (QED) is 0.805. The molecule has 9 heteroatoms. The summed E-state index contributed by atoms with van der Waals surface area (Å²) in [7, 11) is -3.76. The number of amides is 1. The van der Waals surface area contributed by atoms with Crippen LogP contribution in [0.25, 0.3) is 0 Å². The molecule has 19 heavy (non-hydrogen) atoms. The van der Waals surface area contributed by atoms with Crippen molar-refractivity contribution in [2.45, 2.75) is 11.3 Å². The summed E-state index contributed by atoms with van der Waals surface area (Å²) < 4.78 is 26.5. The second-order valence-corrected chi connectivity index (χ2v) is 7.37. The van der Waals surface area contributed by atoms with Crippen LogP contribution in [0.4, 0.5) is 0 Å². The standard InChI is InChI=1S/C10H11BrClN3O3S/c11-7-3-8(9(12)14-4-7)19(17,18)15-2-1-6(5-15)10(13)16/h3-4,6H,1-2,5H2,(H2,13,16). The Balaban J connectivity index is 2.33. The number of pyridine rings is 1. The van der Waals surface area contributed by atoms with Crippen molar-refractivity contribution >= 4 is 43.5 Å². The molecule has 1 aromatic rings. The number of carbonyl (C=O) groups excluding carboxylic acids is 1. The van der Waals surface area contributed by atoms with E-state index in [2.05, 4.69) is 20.9 Å². The second-order valence-electron chi connectivity index (χ2n) is 4.19. The van der Waals surface area contributed by atoms with E-state index in [0.29, 0.717) is 10.9 Å². The van der Waals surface area contributed by atoms with Gasteiger partial charge >= 0.3 is 0 Å². The van der Waals surface area contributed by atoms with Crippen LogP contribution in [0.3, 0.4) is 0 Å². The Morgan fingerprint density at radius 1 is 1.58 bits per heavy atom. The topological polar surface area (TPSA) is 93.4 Å². The average molecular weight is 369 g/mol. The van der Waals surface area contributed by atoms with E-state index in [1.807, 2.05) is 0 Å². The maximum absolute atomic E-state index is 12.4. The lowest BCUT2D eigenvalue weighted by Gasteiger charge is -2.16. The van der Waals surface area contributed by atoms with Crippen LogP contribution in [-0.2, 0) is 14.8 Å². The van der Waals surface area contributed by atoms with Crippen molar-refractivity contribution in [1.29, 1.82) is 0 Å². The number of carbonyl (C=O) groups is 1. The van der Waals surface area contributed by atoms with Crippen molar-refractivity contribution in [1.82, 2.24) is 9.29 Å². The molecule has 2 N–H and O–H groups in total. The van der Waals surface area contributed by atoms with Crippen molar-refractivity contribution in [2.24, 2.45) is 11.7 Å². The fraction of sp³-hybridized carbons (Fsp3) is 0.400. The molecular formula is C10H11BrClN3O3S. The summed E-state index contributed by atoms with van der Waals surface area (Å²) in [5.41, 5.74) is 5.19. The number of sulfonamides is 1. The number of nitrogens with zero attached hydrogens (tertiary/aromatic N) is 2. The number of hydrogen-bond acceptors (Lipinski definition) is 4. The maximum Gasteiger partial charge on any atom is 0.246 e. The Morgan fingerprint density at radius 3 is 2.84 bits per heavy atom. The molecule has 1 unspecified atom stereocenters. The highest BCUT2D eigenvalue weighted by atomic mass is 79.9. The van der Waals surface area contributed by atoms with Crippen molar-refractivity contribution in [2.75, 3.05) is 13.1 Å². The van der Waals surface area contributed by atoms with Gasteiger partial charge in [0, 0.05) is 23.8 Å². The van der Waals surface area contributed by atoms with Crippen LogP contribution in [0, 0.1) is 5.92 Å². The summed E-state index contributed by atoms with van der Waals surface area (Å²) in [4.78, 5) is 14.8. The van der Waals surface area contributed by atoms with Gasteiger partial charge in [-0.15, -0.1) is 0 Å². The van der Waals surface area contributed by atoms with Crippen LogP contribution in [0.5, 0.6) is 0 Å². The van der Waals surface area contributed by atoms with E-state index in [-0.39, 0.29) is 23.1 Å². The van der Waals surface area contributed by atoms with E-state index < -0.39 is 21.8 Å². The van der Waals surface area contributed by atoms with Gasteiger partial charge in [-0.25, -0.2) is 13.4 Å². The smallest absolute Gasteiger partial charge is 0.246 e.